The lowest BCUT2D eigenvalue weighted by molar-refractivity contribution is -0.141. The highest BCUT2D eigenvalue weighted by atomic mass is 33.1. The van der Waals surface area contributed by atoms with Gasteiger partial charge in [0.15, 0.2) is 0 Å². The van der Waals surface area contributed by atoms with Crippen molar-refractivity contribution >= 4 is 57.8 Å². The Morgan fingerprint density at radius 3 is 2.27 bits per heavy atom. The molecule has 0 bridgehead atoms. The molecule has 0 aliphatic carbocycles. The summed E-state index contributed by atoms with van der Waals surface area (Å²) in [4.78, 5) is 60.8. The number of carbonyl (C=O) groups excluding carboxylic acids is 4. The molecule has 0 saturated heterocycles. The van der Waals surface area contributed by atoms with Gasteiger partial charge in [-0.1, -0.05) is 27.7 Å². The van der Waals surface area contributed by atoms with Gasteiger partial charge in [0, 0.05) is 64.3 Å². The topological polar surface area (TPSA) is 162 Å². The van der Waals surface area contributed by atoms with Crippen LogP contribution in [0.4, 0.5) is 11.6 Å². The summed E-state index contributed by atoms with van der Waals surface area (Å²) in [6, 6.07) is 5.37. The maximum atomic E-state index is 12.4. The predicted molar refractivity (Wildman–Crippen MR) is 182 cm³/mol. The zero-order chi connectivity index (χ0) is 33.7. The van der Waals surface area contributed by atoms with Crippen molar-refractivity contribution in [2.45, 2.75) is 98.5 Å². The van der Waals surface area contributed by atoms with Crippen molar-refractivity contribution in [3.05, 3.63) is 56.9 Å². The van der Waals surface area contributed by atoms with Crippen LogP contribution in [0.1, 0.15) is 81.5 Å². The number of anilines is 2. The largest absolute Gasteiger partial charge is 0.466 e. The van der Waals surface area contributed by atoms with Crippen LogP contribution in [-0.2, 0) is 37.0 Å². The lowest BCUT2D eigenvalue weighted by Crippen LogP contribution is -2.39. The minimum Gasteiger partial charge on any atom is -0.466 e. The molecule has 0 aliphatic heterocycles. The summed E-state index contributed by atoms with van der Waals surface area (Å²) >= 11 is 0. The first-order chi connectivity index (χ1) is 21.3. The third kappa shape index (κ3) is 12.0. The van der Waals surface area contributed by atoms with Crippen molar-refractivity contribution in [3.8, 4) is 0 Å². The van der Waals surface area contributed by atoms with E-state index in [0.717, 1.165) is 51.5 Å². The summed E-state index contributed by atoms with van der Waals surface area (Å²) in [7, 11) is 3.03. The standard InChI is InChI=1S/C32H46N6O5S2/c1-20-15-28(32(34)36-23(20)4)17-38(19-40)24(5)29(10-8-9-22(3)41)44-45-30(13-14-43-26(7)42)25(6)37(18-39)16-27-12-11-21(2)35-31(27)33/h11-12,15,18-19,25,30H,8-10,13-14,16-17H2,1-7H3,(H2,33,35)(H2,34,36)/b29-24-. The van der Waals surface area contributed by atoms with Gasteiger partial charge in [-0.3, -0.25) is 14.4 Å². The predicted octanol–water partition coefficient (Wildman–Crippen LogP) is 5.27. The van der Waals surface area contributed by atoms with Crippen LogP contribution < -0.4 is 11.5 Å². The molecule has 2 amide bonds. The molecule has 0 aromatic carbocycles. The zero-order valence-corrected chi connectivity index (χ0v) is 28.9. The van der Waals surface area contributed by atoms with Gasteiger partial charge >= 0.3 is 5.97 Å². The third-order valence-electron chi connectivity index (χ3n) is 7.49. The normalized spacial score (nSPS) is 13.0. The minimum absolute atomic E-state index is 0.0882. The Kier molecular flexibility index (Phi) is 15.4. The molecule has 2 atom stereocenters. The Bertz CT molecular complexity index is 1390. The molecular weight excluding hydrogens is 613 g/mol. The number of allylic oxidation sites excluding steroid dienone is 2. The van der Waals surface area contributed by atoms with Crippen molar-refractivity contribution in [3.63, 3.8) is 0 Å². The molecule has 11 nitrogen and oxygen atoms in total. The van der Waals surface area contributed by atoms with E-state index in [1.807, 2.05) is 52.8 Å². The number of nitrogens with two attached hydrogens (primary N) is 2. The first kappa shape index (κ1) is 37.6. The van der Waals surface area contributed by atoms with Gasteiger partial charge in [0.25, 0.3) is 0 Å². The number of carbonyl (C=O) groups is 4. The van der Waals surface area contributed by atoms with Crippen LogP contribution >= 0.6 is 21.6 Å². The van der Waals surface area contributed by atoms with Gasteiger partial charge in [0.2, 0.25) is 12.8 Å². The first-order valence-corrected chi connectivity index (χ1v) is 17.0. The quantitative estimate of drug-likeness (QED) is 0.115. The summed E-state index contributed by atoms with van der Waals surface area (Å²) in [6.07, 6.45) is 3.64. The smallest absolute Gasteiger partial charge is 0.302 e. The summed E-state index contributed by atoms with van der Waals surface area (Å²) in [6.45, 7) is 13.1. The Labute approximate surface area is 274 Å². The molecule has 45 heavy (non-hydrogen) atoms. The molecule has 0 radical (unpaired) electrons. The van der Waals surface area contributed by atoms with E-state index in [1.54, 1.807) is 16.7 Å². The fourth-order valence-corrected chi connectivity index (χ4v) is 7.82. The number of nitrogen functional groups attached to an aromatic ring is 2. The number of rotatable bonds is 19. The number of aromatic nitrogens is 2. The van der Waals surface area contributed by atoms with Gasteiger partial charge in [0.1, 0.15) is 17.4 Å². The van der Waals surface area contributed by atoms with Crippen LogP contribution in [0.2, 0.25) is 0 Å². The van der Waals surface area contributed by atoms with Gasteiger partial charge in [-0.25, -0.2) is 9.97 Å². The second kappa shape index (κ2) is 18.4. The summed E-state index contributed by atoms with van der Waals surface area (Å²) in [5.74, 6) is 0.445. The zero-order valence-electron chi connectivity index (χ0n) is 27.3. The second-order valence-corrected chi connectivity index (χ2v) is 13.6. The lowest BCUT2D eigenvalue weighted by atomic mass is 10.1. The highest BCUT2D eigenvalue weighted by molar-refractivity contribution is 8.78. The highest BCUT2D eigenvalue weighted by Crippen LogP contribution is 2.42. The monoisotopic (exact) mass is 658 g/mol. The van der Waals surface area contributed by atoms with Crippen molar-refractivity contribution in [1.29, 1.82) is 0 Å². The van der Waals surface area contributed by atoms with Crippen LogP contribution in [0.15, 0.2) is 28.8 Å². The second-order valence-electron chi connectivity index (χ2n) is 11.1. The van der Waals surface area contributed by atoms with Gasteiger partial charge in [-0.15, -0.1) is 0 Å². The molecule has 2 heterocycles. The number of pyridine rings is 2. The Morgan fingerprint density at radius 1 is 0.978 bits per heavy atom. The molecular formula is C32H46N6O5S2. The van der Waals surface area contributed by atoms with Crippen molar-refractivity contribution in [1.82, 2.24) is 19.8 Å². The van der Waals surface area contributed by atoms with Crippen molar-refractivity contribution in [2.75, 3.05) is 18.1 Å². The van der Waals surface area contributed by atoms with E-state index in [4.69, 9.17) is 16.2 Å². The van der Waals surface area contributed by atoms with E-state index in [0.29, 0.717) is 37.3 Å². The summed E-state index contributed by atoms with van der Waals surface area (Å²) < 4.78 is 5.26. The average Bonchev–Trinajstić information content (AvgIpc) is 2.97. The molecule has 2 aromatic heterocycles. The lowest BCUT2D eigenvalue weighted by Gasteiger charge is -2.32. The van der Waals surface area contributed by atoms with E-state index < -0.39 is 0 Å². The number of Topliss-reactive ketones (excluding diaryl/α,β-unsaturated/α-hetero) is 1. The van der Waals surface area contributed by atoms with Crippen LogP contribution in [0, 0.1) is 20.8 Å². The molecule has 4 N–H and O–H groups in total. The number of ether oxygens (including phenoxy) is 1. The fourth-order valence-electron chi connectivity index (χ4n) is 4.50. The van der Waals surface area contributed by atoms with Crippen LogP contribution in [0.25, 0.3) is 0 Å². The number of hydrogen-bond acceptors (Lipinski definition) is 11. The van der Waals surface area contributed by atoms with E-state index >= 15 is 0 Å². The molecule has 2 rings (SSSR count). The van der Waals surface area contributed by atoms with E-state index in [-0.39, 0.29) is 42.7 Å². The number of hydrogen-bond donors (Lipinski definition) is 2. The molecule has 2 unspecified atom stereocenters. The summed E-state index contributed by atoms with van der Waals surface area (Å²) in [5.41, 5.74) is 17.1. The van der Waals surface area contributed by atoms with Gasteiger partial charge in [0.05, 0.1) is 13.2 Å². The number of amides is 2. The van der Waals surface area contributed by atoms with E-state index in [9.17, 15) is 19.2 Å². The molecule has 2 aromatic rings. The Balaban J connectivity index is 2.37. The molecule has 246 valence electrons. The molecule has 0 fully saturated rings. The van der Waals surface area contributed by atoms with E-state index in [2.05, 4.69) is 9.97 Å². The van der Waals surface area contributed by atoms with Crippen LogP contribution in [-0.4, -0.2) is 62.2 Å². The fraction of sp³-hybridized carbons (Fsp3) is 0.500. The average molecular weight is 659 g/mol. The maximum Gasteiger partial charge on any atom is 0.302 e. The minimum atomic E-state index is -0.382. The van der Waals surface area contributed by atoms with Gasteiger partial charge < -0.3 is 30.8 Å². The highest BCUT2D eigenvalue weighted by Gasteiger charge is 2.26. The number of nitrogens with zero attached hydrogens (tertiary/aromatic N) is 4. The molecule has 0 spiro atoms. The van der Waals surface area contributed by atoms with Crippen LogP contribution in [0.5, 0.6) is 0 Å². The SMILES string of the molecule is CC(=O)CCC/C(SSC(CCOC(C)=O)C(C)N(C=O)Cc1ccc(C)nc1N)=C(\C)N(C=O)Cc1cc(C)c(C)nc1N. The Morgan fingerprint density at radius 2 is 1.67 bits per heavy atom. The molecule has 0 aliphatic rings. The van der Waals surface area contributed by atoms with E-state index in [1.165, 1.54) is 28.5 Å². The third-order valence-corrected chi connectivity index (χ3v) is 10.8. The van der Waals surface area contributed by atoms with Crippen LogP contribution in [0.3, 0.4) is 0 Å². The van der Waals surface area contributed by atoms with Gasteiger partial charge in [-0.2, -0.15) is 0 Å². The molecule has 13 heteroatoms. The molecule has 0 saturated carbocycles. The number of esters is 1. The maximum absolute atomic E-state index is 12.4. The summed E-state index contributed by atoms with van der Waals surface area (Å²) in [5, 5.41) is -0.168. The first-order valence-electron chi connectivity index (χ1n) is 14.8. The van der Waals surface area contributed by atoms with Gasteiger partial charge in [-0.05, 0) is 78.5 Å². The Hall–Kier alpha value is -3.58. The number of ketones is 1. The number of aryl methyl sites for hydroxylation is 3. The van der Waals surface area contributed by atoms with Crippen molar-refractivity contribution < 1.29 is 23.9 Å². The van der Waals surface area contributed by atoms with Crippen molar-refractivity contribution in [2.24, 2.45) is 0 Å².